The average Bonchev–Trinajstić information content (AvgIpc) is 2.97. The lowest BCUT2D eigenvalue weighted by Crippen LogP contribution is -2.52. The molecule has 2 atom stereocenters. The van der Waals surface area contributed by atoms with Crippen molar-refractivity contribution in [3.05, 3.63) is 21.1 Å². The lowest BCUT2D eigenvalue weighted by atomic mass is 9.61. The number of nitrogens with zero attached hydrogens (tertiary/aromatic N) is 3. The van der Waals surface area contributed by atoms with Crippen LogP contribution in [0, 0.1) is 21.5 Å². The van der Waals surface area contributed by atoms with Crippen LogP contribution < -0.4 is 5.32 Å². The topological polar surface area (TPSA) is 68.5 Å². The Hall–Kier alpha value is -1.09. The molecular weight excluding hydrogens is 455 g/mol. The molecule has 3 aliphatic carbocycles. The van der Waals surface area contributed by atoms with Crippen molar-refractivity contribution in [1.29, 1.82) is 0 Å². The summed E-state index contributed by atoms with van der Waals surface area (Å²) in [7, 11) is 0. The first-order valence-corrected chi connectivity index (χ1v) is 10.2. The van der Waals surface area contributed by atoms with Crippen LogP contribution in [0.4, 0.5) is 5.82 Å². The number of halogens is 2. The third-order valence-electron chi connectivity index (χ3n) is 5.52. The molecule has 2 bridgehead atoms. The van der Waals surface area contributed by atoms with Crippen LogP contribution in [0.15, 0.2) is 12.1 Å². The maximum absolute atomic E-state index is 12.6. The molecule has 2 aromatic rings. The lowest BCUT2D eigenvalue weighted by Gasteiger charge is -2.47. The first-order valence-electron chi connectivity index (χ1n) is 8.72. The predicted octanol–water partition coefficient (Wildman–Crippen LogP) is 3.77. The largest absolute Gasteiger partial charge is 0.466 e. The van der Waals surface area contributed by atoms with Gasteiger partial charge < -0.3 is 10.1 Å². The summed E-state index contributed by atoms with van der Waals surface area (Å²) in [6, 6.07) is 3.98. The van der Waals surface area contributed by atoms with Crippen LogP contribution >= 0.6 is 34.2 Å². The number of ether oxygens (including phenoxy) is 1. The van der Waals surface area contributed by atoms with Crippen molar-refractivity contribution in [3.63, 3.8) is 0 Å². The molecule has 0 aromatic carbocycles. The number of anilines is 1. The Morgan fingerprint density at radius 1 is 1.36 bits per heavy atom. The zero-order valence-electron chi connectivity index (χ0n) is 13.9. The second kappa shape index (κ2) is 6.90. The number of fused-ring (bicyclic) bond motifs is 4. The number of aromatic nitrogens is 3. The number of carbonyl (C=O) groups excluding carboxylic acids is 1. The summed E-state index contributed by atoms with van der Waals surface area (Å²) in [5, 5.41) is 7.98. The molecule has 8 heteroatoms. The highest BCUT2D eigenvalue weighted by atomic mass is 127. The summed E-state index contributed by atoms with van der Waals surface area (Å²) in [5.74, 6) is 1.34. The zero-order chi connectivity index (χ0) is 17.6. The van der Waals surface area contributed by atoms with Gasteiger partial charge in [0.05, 0.1) is 12.5 Å². The maximum atomic E-state index is 12.6. The minimum absolute atomic E-state index is 0.0360. The summed E-state index contributed by atoms with van der Waals surface area (Å²) in [5.41, 5.74) is 0.873. The highest BCUT2D eigenvalue weighted by Gasteiger charge is 2.48. The SMILES string of the molecule is CCOC(=O)[C@H]1C2CCC(CC2)[C@@H]1Nc1nc(Cl)nn2c(I)ccc12. The summed E-state index contributed by atoms with van der Waals surface area (Å²) in [6.45, 7) is 2.28. The number of rotatable bonds is 4. The van der Waals surface area contributed by atoms with E-state index in [0.29, 0.717) is 24.3 Å². The Bertz CT molecular complexity index is 803. The molecular formula is C17H20ClIN4O2. The molecule has 6 nitrogen and oxygen atoms in total. The van der Waals surface area contributed by atoms with E-state index in [4.69, 9.17) is 16.3 Å². The van der Waals surface area contributed by atoms with Gasteiger partial charge in [-0.15, -0.1) is 5.10 Å². The van der Waals surface area contributed by atoms with Gasteiger partial charge in [0.15, 0.2) is 5.82 Å². The van der Waals surface area contributed by atoms with Crippen molar-refractivity contribution in [2.75, 3.05) is 11.9 Å². The predicted molar refractivity (Wildman–Crippen MR) is 104 cm³/mol. The molecule has 3 fully saturated rings. The van der Waals surface area contributed by atoms with Gasteiger partial charge in [0.2, 0.25) is 5.28 Å². The Morgan fingerprint density at radius 3 is 2.80 bits per heavy atom. The summed E-state index contributed by atoms with van der Waals surface area (Å²) in [6.07, 6.45) is 4.50. The molecule has 0 radical (unpaired) electrons. The van der Waals surface area contributed by atoms with E-state index in [2.05, 4.69) is 38.0 Å². The maximum Gasteiger partial charge on any atom is 0.311 e. The molecule has 2 heterocycles. The number of hydrogen-bond acceptors (Lipinski definition) is 5. The van der Waals surface area contributed by atoms with Crippen molar-refractivity contribution in [2.45, 2.75) is 38.6 Å². The molecule has 3 aliphatic rings. The fraction of sp³-hybridized carbons (Fsp3) is 0.588. The van der Waals surface area contributed by atoms with Gasteiger partial charge in [0.1, 0.15) is 9.22 Å². The average molecular weight is 475 g/mol. The Kier molecular flexibility index (Phi) is 4.79. The second-order valence-corrected chi connectivity index (χ2v) is 8.25. The molecule has 1 N–H and O–H groups in total. The van der Waals surface area contributed by atoms with Gasteiger partial charge in [-0.25, -0.2) is 4.52 Å². The highest BCUT2D eigenvalue weighted by molar-refractivity contribution is 14.1. The fourth-order valence-corrected chi connectivity index (χ4v) is 5.15. The Labute approximate surface area is 164 Å². The Balaban J connectivity index is 1.69. The fourth-order valence-electron chi connectivity index (χ4n) is 4.44. The number of carbonyl (C=O) groups is 1. The molecule has 0 spiro atoms. The van der Waals surface area contributed by atoms with Crippen molar-refractivity contribution in [3.8, 4) is 0 Å². The van der Waals surface area contributed by atoms with Gasteiger partial charge >= 0.3 is 5.97 Å². The molecule has 3 saturated carbocycles. The second-order valence-electron chi connectivity index (χ2n) is 6.81. The monoisotopic (exact) mass is 474 g/mol. The molecule has 0 amide bonds. The summed E-state index contributed by atoms with van der Waals surface area (Å²) >= 11 is 8.33. The smallest absolute Gasteiger partial charge is 0.311 e. The van der Waals surface area contributed by atoms with E-state index in [-0.39, 0.29) is 23.2 Å². The van der Waals surface area contributed by atoms with Crippen molar-refractivity contribution in [1.82, 2.24) is 14.6 Å². The zero-order valence-corrected chi connectivity index (χ0v) is 16.8. The van der Waals surface area contributed by atoms with Crippen LogP contribution in [-0.4, -0.2) is 33.2 Å². The number of esters is 1. The molecule has 25 heavy (non-hydrogen) atoms. The number of hydrogen-bond donors (Lipinski definition) is 1. The first-order chi connectivity index (χ1) is 12.1. The Morgan fingerprint density at radius 2 is 2.08 bits per heavy atom. The highest BCUT2D eigenvalue weighted by Crippen LogP contribution is 2.47. The van der Waals surface area contributed by atoms with Gasteiger partial charge in [-0.2, -0.15) is 4.98 Å². The number of nitrogens with one attached hydrogen (secondary N) is 1. The van der Waals surface area contributed by atoms with Gasteiger partial charge in [-0.1, -0.05) is 0 Å². The standard InChI is InChI=1S/C17H20ClIN4O2/c1-2-25-16(24)13-9-3-5-10(6-4-9)14(13)20-15-11-7-8-12(19)23(11)22-17(18)21-15/h7-10,13-14H,2-6H2,1H3,(H,20,21,22)/t9?,10?,13-,14-/m0/s1. The van der Waals surface area contributed by atoms with E-state index in [9.17, 15) is 4.79 Å². The van der Waals surface area contributed by atoms with Gasteiger partial charge in [0, 0.05) is 6.04 Å². The van der Waals surface area contributed by atoms with E-state index in [1.54, 1.807) is 4.52 Å². The van der Waals surface area contributed by atoms with E-state index in [1.165, 1.54) is 0 Å². The molecule has 134 valence electrons. The van der Waals surface area contributed by atoms with E-state index in [1.807, 2.05) is 19.1 Å². The molecule has 0 aliphatic heterocycles. The van der Waals surface area contributed by atoms with Crippen LogP contribution in [0.3, 0.4) is 0 Å². The minimum Gasteiger partial charge on any atom is -0.466 e. The van der Waals surface area contributed by atoms with E-state index >= 15 is 0 Å². The normalized spacial score (nSPS) is 28.3. The minimum atomic E-state index is -0.115. The van der Waals surface area contributed by atoms with Gasteiger partial charge in [-0.3, -0.25) is 4.79 Å². The summed E-state index contributed by atoms with van der Waals surface area (Å²) in [4.78, 5) is 17.0. The first kappa shape index (κ1) is 17.3. The molecule has 5 rings (SSSR count). The molecule has 0 unspecified atom stereocenters. The van der Waals surface area contributed by atoms with Crippen LogP contribution in [0.2, 0.25) is 5.28 Å². The van der Waals surface area contributed by atoms with Crippen LogP contribution in [-0.2, 0) is 9.53 Å². The summed E-state index contributed by atoms with van der Waals surface area (Å²) < 4.78 is 8.11. The van der Waals surface area contributed by atoms with Crippen molar-refractivity contribution >= 4 is 51.5 Å². The van der Waals surface area contributed by atoms with Crippen LogP contribution in [0.1, 0.15) is 32.6 Å². The van der Waals surface area contributed by atoms with Gasteiger partial charge in [0.25, 0.3) is 0 Å². The van der Waals surface area contributed by atoms with Crippen molar-refractivity contribution in [2.24, 2.45) is 17.8 Å². The lowest BCUT2D eigenvalue weighted by molar-refractivity contribution is -0.154. The quantitative estimate of drug-likeness (QED) is 0.540. The van der Waals surface area contributed by atoms with E-state index in [0.717, 1.165) is 34.9 Å². The van der Waals surface area contributed by atoms with Crippen molar-refractivity contribution < 1.29 is 9.53 Å². The van der Waals surface area contributed by atoms with Gasteiger partial charge in [-0.05, 0) is 90.8 Å². The van der Waals surface area contributed by atoms with Crippen LogP contribution in [0.25, 0.3) is 5.52 Å². The third-order valence-corrected chi connectivity index (χ3v) is 6.50. The molecule has 0 saturated heterocycles. The van der Waals surface area contributed by atoms with Crippen LogP contribution in [0.5, 0.6) is 0 Å². The third kappa shape index (κ3) is 3.09. The van der Waals surface area contributed by atoms with E-state index < -0.39 is 0 Å². The molecule has 2 aromatic heterocycles.